The molecule has 0 heterocycles. The molecular formula is C11H11BrF3N. The summed E-state index contributed by atoms with van der Waals surface area (Å²) in [6.07, 6.45) is -4.35. The van der Waals surface area contributed by atoms with E-state index in [0.717, 1.165) is 11.6 Å². The molecule has 1 rings (SSSR count). The van der Waals surface area contributed by atoms with E-state index in [-0.39, 0.29) is 5.69 Å². The number of alkyl halides is 3. The van der Waals surface area contributed by atoms with Gasteiger partial charge in [-0.15, -0.1) is 0 Å². The number of hydrogen-bond donors (Lipinski definition) is 1. The maximum atomic E-state index is 12.6. The number of halogens is 4. The van der Waals surface area contributed by atoms with Crippen LogP contribution in [0.25, 0.3) is 0 Å². The second kappa shape index (κ2) is 4.91. The van der Waals surface area contributed by atoms with Gasteiger partial charge in [-0.2, -0.15) is 13.2 Å². The molecule has 88 valence electrons. The van der Waals surface area contributed by atoms with Crippen molar-refractivity contribution in [2.24, 2.45) is 0 Å². The van der Waals surface area contributed by atoms with Crippen molar-refractivity contribution >= 4 is 21.6 Å². The minimum absolute atomic E-state index is 0.0601. The third-order valence-electron chi connectivity index (χ3n) is 1.87. The fourth-order valence-corrected chi connectivity index (χ4v) is 1.52. The van der Waals surface area contributed by atoms with Gasteiger partial charge in [0.05, 0.1) is 5.56 Å². The van der Waals surface area contributed by atoms with Crippen LogP contribution in [0.2, 0.25) is 0 Å². The summed E-state index contributed by atoms with van der Waals surface area (Å²) in [6.45, 7) is 5.70. The van der Waals surface area contributed by atoms with Gasteiger partial charge < -0.3 is 5.32 Å². The fraction of sp³-hybridized carbons (Fsp3) is 0.273. The van der Waals surface area contributed by atoms with Gasteiger partial charge in [-0.3, -0.25) is 0 Å². The molecule has 0 atom stereocenters. The summed E-state index contributed by atoms with van der Waals surface area (Å²) in [7, 11) is 0. The normalized spacial score (nSPS) is 11.3. The zero-order valence-corrected chi connectivity index (χ0v) is 10.2. The summed E-state index contributed by atoms with van der Waals surface area (Å²) in [5.41, 5.74) is 0.162. The molecule has 0 saturated carbocycles. The highest BCUT2D eigenvalue weighted by molar-refractivity contribution is 9.10. The van der Waals surface area contributed by atoms with E-state index in [2.05, 4.69) is 27.8 Å². The second-order valence-electron chi connectivity index (χ2n) is 3.50. The summed E-state index contributed by atoms with van der Waals surface area (Å²) < 4.78 is 38.5. The van der Waals surface area contributed by atoms with Crippen LogP contribution >= 0.6 is 15.9 Å². The van der Waals surface area contributed by atoms with E-state index in [4.69, 9.17) is 0 Å². The molecule has 16 heavy (non-hydrogen) atoms. The first-order chi connectivity index (χ1) is 7.30. The summed E-state index contributed by atoms with van der Waals surface area (Å²) in [5, 5.41) is 2.71. The third-order valence-corrected chi connectivity index (χ3v) is 2.36. The monoisotopic (exact) mass is 293 g/mol. The molecular weight excluding hydrogens is 283 g/mol. The second-order valence-corrected chi connectivity index (χ2v) is 4.41. The fourth-order valence-electron chi connectivity index (χ4n) is 1.16. The first-order valence-corrected chi connectivity index (χ1v) is 5.35. The first-order valence-electron chi connectivity index (χ1n) is 4.55. The largest absolute Gasteiger partial charge is 0.418 e. The molecule has 0 saturated heterocycles. The highest BCUT2D eigenvalue weighted by atomic mass is 79.9. The number of hydrogen-bond acceptors (Lipinski definition) is 1. The maximum Gasteiger partial charge on any atom is 0.418 e. The SMILES string of the molecule is C=C(C)CNc1cc(Br)ccc1C(F)(F)F. The molecule has 1 N–H and O–H groups in total. The van der Waals surface area contributed by atoms with E-state index in [1.165, 1.54) is 12.1 Å². The number of nitrogens with one attached hydrogen (secondary N) is 1. The van der Waals surface area contributed by atoms with Crippen LogP contribution in [0.15, 0.2) is 34.8 Å². The molecule has 1 aromatic rings. The summed E-state index contributed by atoms with van der Waals surface area (Å²) >= 11 is 3.14. The van der Waals surface area contributed by atoms with E-state index >= 15 is 0 Å². The quantitative estimate of drug-likeness (QED) is 0.812. The van der Waals surface area contributed by atoms with Crippen molar-refractivity contribution in [1.29, 1.82) is 0 Å². The number of anilines is 1. The Morgan fingerprint density at radius 1 is 1.44 bits per heavy atom. The van der Waals surface area contributed by atoms with Gasteiger partial charge >= 0.3 is 6.18 Å². The van der Waals surface area contributed by atoms with Crippen LogP contribution in [-0.4, -0.2) is 6.54 Å². The van der Waals surface area contributed by atoms with Crippen molar-refractivity contribution in [3.05, 3.63) is 40.4 Å². The van der Waals surface area contributed by atoms with Gasteiger partial charge in [0.25, 0.3) is 0 Å². The van der Waals surface area contributed by atoms with Gasteiger partial charge in [0.1, 0.15) is 0 Å². The average molecular weight is 294 g/mol. The highest BCUT2D eigenvalue weighted by Gasteiger charge is 2.33. The van der Waals surface area contributed by atoms with Gasteiger partial charge in [-0.05, 0) is 25.1 Å². The van der Waals surface area contributed by atoms with Crippen molar-refractivity contribution in [3.63, 3.8) is 0 Å². The zero-order chi connectivity index (χ0) is 12.3. The van der Waals surface area contributed by atoms with Crippen molar-refractivity contribution in [1.82, 2.24) is 0 Å². The van der Waals surface area contributed by atoms with Gasteiger partial charge in [0, 0.05) is 16.7 Å². The predicted octanol–water partition coefficient (Wildman–Crippen LogP) is 4.46. The topological polar surface area (TPSA) is 12.0 Å². The molecule has 0 bridgehead atoms. The Kier molecular flexibility index (Phi) is 4.02. The number of benzene rings is 1. The minimum Gasteiger partial charge on any atom is -0.381 e. The molecule has 0 amide bonds. The Hall–Kier alpha value is -0.970. The Labute approximate surface area is 100 Å². The van der Waals surface area contributed by atoms with Gasteiger partial charge in [-0.25, -0.2) is 0 Å². The molecule has 1 nitrogen and oxygen atoms in total. The molecule has 0 aliphatic rings. The lowest BCUT2D eigenvalue weighted by Gasteiger charge is -2.14. The Balaban J connectivity index is 3.04. The van der Waals surface area contributed by atoms with Crippen LogP contribution in [0.4, 0.5) is 18.9 Å². The predicted molar refractivity (Wildman–Crippen MR) is 62.4 cm³/mol. The molecule has 0 spiro atoms. The van der Waals surface area contributed by atoms with Gasteiger partial charge in [-0.1, -0.05) is 28.1 Å². The molecule has 0 aliphatic carbocycles. The van der Waals surface area contributed by atoms with Gasteiger partial charge in [0.2, 0.25) is 0 Å². The lowest BCUT2D eigenvalue weighted by Crippen LogP contribution is -2.11. The molecule has 1 aromatic carbocycles. The van der Waals surface area contributed by atoms with E-state index in [0.29, 0.717) is 11.0 Å². The minimum atomic E-state index is -4.35. The van der Waals surface area contributed by atoms with Crippen molar-refractivity contribution in [3.8, 4) is 0 Å². The zero-order valence-electron chi connectivity index (χ0n) is 8.66. The van der Waals surface area contributed by atoms with Crippen LogP contribution in [-0.2, 0) is 6.18 Å². The number of rotatable bonds is 3. The smallest absolute Gasteiger partial charge is 0.381 e. The van der Waals surface area contributed by atoms with Crippen molar-refractivity contribution in [2.75, 3.05) is 11.9 Å². The Morgan fingerprint density at radius 2 is 2.06 bits per heavy atom. The van der Waals surface area contributed by atoms with Gasteiger partial charge in [0.15, 0.2) is 0 Å². The maximum absolute atomic E-state index is 12.6. The molecule has 0 aliphatic heterocycles. The summed E-state index contributed by atoms with van der Waals surface area (Å²) in [5.74, 6) is 0. The standard InChI is InChI=1S/C11H11BrF3N/c1-7(2)6-16-10-5-8(12)3-4-9(10)11(13,14)15/h3-5,16H,1,6H2,2H3. The molecule has 0 radical (unpaired) electrons. The van der Waals surface area contributed by atoms with Crippen LogP contribution in [0.3, 0.4) is 0 Å². The molecule has 0 unspecified atom stereocenters. The molecule has 5 heteroatoms. The van der Waals surface area contributed by atoms with Crippen LogP contribution in [0.5, 0.6) is 0 Å². The average Bonchev–Trinajstić information content (AvgIpc) is 2.12. The van der Waals surface area contributed by atoms with E-state index in [9.17, 15) is 13.2 Å². The van der Waals surface area contributed by atoms with Crippen molar-refractivity contribution in [2.45, 2.75) is 13.1 Å². The third kappa shape index (κ3) is 3.56. The summed E-state index contributed by atoms with van der Waals surface area (Å²) in [4.78, 5) is 0. The summed E-state index contributed by atoms with van der Waals surface area (Å²) in [6, 6.07) is 3.82. The van der Waals surface area contributed by atoms with Crippen LogP contribution in [0, 0.1) is 0 Å². The molecule has 0 aromatic heterocycles. The van der Waals surface area contributed by atoms with E-state index in [1.54, 1.807) is 6.92 Å². The van der Waals surface area contributed by atoms with Crippen LogP contribution < -0.4 is 5.32 Å². The lowest BCUT2D eigenvalue weighted by atomic mass is 10.1. The van der Waals surface area contributed by atoms with E-state index < -0.39 is 11.7 Å². The Morgan fingerprint density at radius 3 is 2.56 bits per heavy atom. The highest BCUT2D eigenvalue weighted by Crippen LogP contribution is 2.36. The van der Waals surface area contributed by atoms with Crippen molar-refractivity contribution < 1.29 is 13.2 Å². The lowest BCUT2D eigenvalue weighted by molar-refractivity contribution is -0.136. The molecule has 0 fully saturated rings. The Bertz CT molecular complexity index is 399. The first kappa shape index (κ1) is 13.1. The van der Waals surface area contributed by atoms with E-state index in [1.807, 2.05) is 0 Å². The van der Waals surface area contributed by atoms with Crippen LogP contribution in [0.1, 0.15) is 12.5 Å².